The average Bonchev–Trinajstić information content (AvgIpc) is 2.77. The maximum Gasteiger partial charge on any atom is 0.322 e. The van der Waals surface area contributed by atoms with Crippen LogP contribution in [0, 0.1) is 11.2 Å². The number of aliphatic hydroxyl groups is 1. The molecule has 2 aliphatic rings. The second kappa shape index (κ2) is 8.15. The lowest BCUT2D eigenvalue weighted by Gasteiger charge is -2.31. The summed E-state index contributed by atoms with van der Waals surface area (Å²) in [5.41, 5.74) is 1.27. The monoisotopic (exact) mass is 409 g/mol. The normalized spacial score (nSPS) is 23.4. The zero-order chi connectivity index (χ0) is 20.4. The molecule has 1 unspecified atom stereocenters. The highest BCUT2D eigenvalue weighted by molar-refractivity contribution is 6.31. The smallest absolute Gasteiger partial charge is 0.322 e. The SMILES string of the molecule is CN1CC(O)CN/C(=C2/CN(C(=O)Nc3ccc(F)c(Cl)c3)CCC2=N)C1=O. The van der Waals surface area contributed by atoms with Gasteiger partial charge in [-0.05, 0) is 18.2 Å². The Bertz CT molecular complexity index is 860. The highest BCUT2D eigenvalue weighted by Crippen LogP contribution is 2.22. The van der Waals surface area contributed by atoms with E-state index in [1.54, 1.807) is 7.05 Å². The van der Waals surface area contributed by atoms with Crippen molar-refractivity contribution in [2.75, 3.05) is 38.5 Å². The quantitative estimate of drug-likeness (QED) is 0.526. The van der Waals surface area contributed by atoms with Crippen LogP contribution < -0.4 is 10.6 Å². The van der Waals surface area contributed by atoms with Gasteiger partial charge in [-0.25, -0.2) is 9.18 Å². The van der Waals surface area contributed by atoms with Crippen molar-refractivity contribution in [3.8, 4) is 0 Å². The van der Waals surface area contributed by atoms with Crippen molar-refractivity contribution < 1.29 is 19.1 Å². The summed E-state index contributed by atoms with van der Waals surface area (Å²) in [4.78, 5) is 28.0. The van der Waals surface area contributed by atoms with E-state index in [1.807, 2.05) is 0 Å². The summed E-state index contributed by atoms with van der Waals surface area (Å²) in [5, 5.41) is 23.5. The summed E-state index contributed by atoms with van der Waals surface area (Å²) in [6.45, 7) is 0.745. The number of likely N-dealkylation sites (N-methyl/N-ethyl adjacent to an activating group) is 1. The molecule has 3 rings (SSSR count). The van der Waals surface area contributed by atoms with Gasteiger partial charge in [-0.15, -0.1) is 0 Å². The lowest BCUT2D eigenvalue weighted by Crippen LogP contribution is -2.44. The Hall–Kier alpha value is -2.65. The number of aliphatic hydroxyl groups excluding tert-OH is 1. The van der Waals surface area contributed by atoms with Gasteiger partial charge in [-0.3, -0.25) is 4.79 Å². The van der Waals surface area contributed by atoms with E-state index in [2.05, 4.69) is 10.6 Å². The van der Waals surface area contributed by atoms with Gasteiger partial charge in [-0.2, -0.15) is 0 Å². The van der Waals surface area contributed by atoms with Gasteiger partial charge in [0.1, 0.15) is 11.5 Å². The fraction of sp³-hybridized carbons (Fsp3) is 0.389. The number of hydrogen-bond donors (Lipinski definition) is 4. The minimum Gasteiger partial charge on any atom is -0.389 e. The number of nitrogens with one attached hydrogen (secondary N) is 3. The van der Waals surface area contributed by atoms with E-state index in [0.29, 0.717) is 17.8 Å². The lowest BCUT2D eigenvalue weighted by molar-refractivity contribution is -0.126. The second-order valence-corrected chi connectivity index (χ2v) is 7.19. The van der Waals surface area contributed by atoms with Gasteiger partial charge in [0.05, 0.1) is 17.7 Å². The molecule has 2 aliphatic heterocycles. The topological polar surface area (TPSA) is 109 Å². The highest BCUT2D eigenvalue weighted by atomic mass is 35.5. The summed E-state index contributed by atoms with van der Waals surface area (Å²) >= 11 is 5.74. The van der Waals surface area contributed by atoms with Crippen molar-refractivity contribution in [1.29, 1.82) is 5.41 Å². The van der Waals surface area contributed by atoms with Gasteiger partial charge in [0.15, 0.2) is 0 Å². The second-order valence-electron chi connectivity index (χ2n) is 6.78. The average molecular weight is 410 g/mol. The fourth-order valence-corrected chi connectivity index (χ4v) is 3.31. The van der Waals surface area contributed by atoms with E-state index in [0.717, 1.165) is 6.07 Å². The summed E-state index contributed by atoms with van der Waals surface area (Å²) in [7, 11) is 1.58. The van der Waals surface area contributed by atoms with Gasteiger partial charge >= 0.3 is 6.03 Å². The van der Waals surface area contributed by atoms with Crippen LogP contribution in [0.4, 0.5) is 14.9 Å². The fourth-order valence-electron chi connectivity index (χ4n) is 3.13. The standard InChI is InChI=1S/C18H21ClFN5O3/c1-24-8-11(26)7-22-16(17(24)27)12-9-25(5-4-15(12)21)18(28)23-10-2-3-14(20)13(19)6-10/h2-3,6,11,21-22,26H,4-5,7-9H2,1H3,(H,23,28)/b16-12-,21-15?. The first-order chi connectivity index (χ1) is 13.3. The van der Waals surface area contributed by atoms with E-state index in [-0.39, 0.29) is 48.4 Å². The molecule has 1 aromatic carbocycles. The van der Waals surface area contributed by atoms with Crippen LogP contribution in [-0.4, -0.2) is 71.9 Å². The largest absolute Gasteiger partial charge is 0.389 e. The molecule has 3 amide bonds. The molecule has 8 nitrogen and oxygen atoms in total. The van der Waals surface area contributed by atoms with Gasteiger partial charge in [-0.1, -0.05) is 11.6 Å². The van der Waals surface area contributed by atoms with Gasteiger partial charge < -0.3 is 30.9 Å². The maximum absolute atomic E-state index is 13.3. The van der Waals surface area contributed by atoms with E-state index in [9.17, 15) is 19.1 Å². The minimum atomic E-state index is -0.715. The predicted octanol–water partition coefficient (Wildman–Crippen LogP) is 1.41. The number of halogens is 2. The Morgan fingerprint density at radius 3 is 2.93 bits per heavy atom. The van der Waals surface area contributed by atoms with Crippen LogP contribution in [0.25, 0.3) is 0 Å². The molecule has 0 saturated carbocycles. The van der Waals surface area contributed by atoms with Crippen LogP contribution in [0.2, 0.25) is 5.02 Å². The number of carbonyl (C=O) groups excluding carboxylic acids is 2. The number of rotatable bonds is 1. The number of urea groups is 1. The van der Waals surface area contributed by atoms with Crippen molar-refractivity contribution >= 4 is 34.9 Å². The molecule has 2 fully saturated rings. The Morgan fingerprint density at radius 1 is 1.46 bits per heavy atom. The van der Waals surface area contributed by atoms with E-state index >= 15 is 0 Å². The molecule has 0 aliphatic carbocycles. The summed E-state index contributed by atoms with van der Waals surface area (Å²) in [6, 6.07) is 3.43. The molecule has 0 aromatic heterocycles. The molecule has 2 heterocycles. The Kier molecular flexibility index (Phi) is 5.85. The third-order valence-electron chi connectivity index (χ3n) is 4.66. The third kappa shape index (κ3) is 4.26. The molecule has 150 valence electrons. The number of nitrogens with zero attached hydrogens (tertiary/aromatic N) is 2. The molecule has 10 heteroatoms. The van der Waals surface area contributed by atoms with Crippen molar-refractivity contribution in [3.63, 3.8) is 0 Å². The zero-order valence-corrected chi connectivity index (χ0v) is 16.0. The molecule has 0 radical (unpaired) electrons. The predicted molar refractivity (Wildman–Crippen MR) is 103 cm³/mol. The molecule has 4 N–H and O–H groups in total. The molecule has 0 bridgehead atoms. The number of piperidine rings is 1. The van der Waals surface area contributed by atoms with E-state index < -0.39 is 18.0 Å². The molecular formula is C18H21ClFN5O3. The molecular weight excluding hydrogens is 389 g/mol. The van der Waals surface area contributed by atoms with Crippen LogP contribution in [-0.2, 0) is 4.79 Å². The molecule has 1 atom stereocenters. The summed E-state index contributed by atoms with van der Waals surface area (Å²) in [6.07, 6.45) is -0.426. The van der Waals surface area contributed by atoms with Crippen molar-refractivity contribution in [3.05, 3.63) is 40.3 Å². The van der Waals surface area contributed by atoms with Crippen LogP contribution in [0.1, 0.15) is 6.42 Å². The van der Waals surface area contributed by atoms with Crippen LogP contribution in [0.5, 0.6) is 0 Å². The maximum atomic E-state index is 13.3. The number of benzene rings is 1. The van der Waals surface area contributed by atoms with Gasteiger partial charge in [0.25, 0.3) is 5.91 Å². The van der Waals surface area contributed by atoms with Crippen molar-refractivity contribution in [2.45, 2.75) is 12.5 Å². The summed E-state index contributed by atoms with van der Waals surface area (Å²) in [5.74, 6) is -0.911. The molecule has 28 heavy (non-hydrogen) atoms. The molecule has 2 saturated heterocycles. The molecule has 0 spiro atoms. The zero-order valence-electron chi connectivity index (χ0n) is 15.3. The van der Waals surface area contributed by atoms with Crippen molar-refractivity contribution in [2.24, 2.45) is 0 Å². The van der Waals surface area contributed by atoms with Crippen molar-refractivity contribution in [1.82, 2.24) is 15.1 Å². The first-order valence-electron chi connectivity index (χ1n) is 8.75. The first kappa shape index (κ1) is 20.1. The minimum absolute atomic E-state index is 0.0671. The lowest BCUT2D eigenvalue weighted by atomic mass is 9.99. The number of anilines is 1. The van der Waals surface area contributed by atoms with E-state index in [1.165, 1.54) is 21.9 Å². The van der Waals surface area contributed by atoms with Gasteiger partial charge in [0, 0.05) is 50.1 Å². The number of amides is 3. The number of likely N-dealkylation sites (tertiary alicyclic amines) is 1. The Morgan fingerprint density at radius 2 is 2.21 bits per heavy atom. The number of carbonyl (C=O) groups is 2. The highest BCUT2D eigenvalue weighted by Gasteiger charge is 2.31. The van der Waals surface area contributed by atoms with Crippen LogP contribution >= 0.6 is 11.6 Å². The van der Waals surface area contributed by atoms with Gasteiger partial charge in [0.2, 0.25) is 0 Å². The van der Waals surface area contributed by atoms with Crippen LogP contribution in [0.15, 0.2) is 29.5 Å². The van der Waals surface area contributed by atoms with Crippen LogP contribution in [0.3, 0.4) is 0 Å². The Balaban J connectivity index is 1.79. The third-order valence-corrected chi connectivity index (χ3v) is 4.95. The number of β-amino-alcohol motifs (C(OH)–C–C–N with tert-alkyl or cyclic N) is 1. The summed E-state index contributed by atoms with van der Waals surface area (Å²) < 4.78 is 13.3. The molecule has 1 aromatic rings. The Labute approximate surface area is 166 Å². The van der Waals surface area contributed by atoms with E-state index in [4.69, 9.17) is 17.0 Å². The number of hydrogen-bond acceptors (Lipinski definition) is 5. The first-order valence-corrected chi connectivity index (χ1v) is 9.13.